The molecule has 0 N–H and O–H groups in total. The molecule has 0 aromatic heterocycles. The van der Waals surface area contributed by atoms with Gasteiger partial charge in [0.2, 0.25) is 0 Å². The van der Waals surface area contributed by atoms with Crippen molar-refractivity contribution in [2.45, 2.75) is 25.7 Å². The third-order valence-corrected chi connectivity index (χ3v) is 3.97. The van der Waals surface area contributed by atoms with Crippen LogP contribution in [0.5, 0.6) is 5.75 Å². The van der Waals surface area contributed by atoms with Gasteiger partial charge in [-0.05, 0) is 56.2 Å². The molecule has 3 nitrogen and oxygen atoms in total. The molecular weight excluding hydrogens is 260 g/mol. The highest BCUT2D eigenvalue weighted by molar-refractivity contribution is 7.87. The Labute approximate surface area is 114 Å². The minimum atomic E-state index is -3.76. The fourth-order valence-electron chi connectivity index (χ4n) is 1.86. The summed E-state index contributed by atoms with van der Waals surface area (Å²) in [7, 11) is -3.76. The molecule has 0 bridgehead atoms. The van der Waals surface area contributed by atoms with E-state index in [-0.39, 0.29) is 4.90 Å². The zero-order valence-electron chi connectivity index (χ0n) is 11.2. The van der Waals surface area contributed by atoms with E-state index in [0.717, 1.165) is 16.7 Å². The number of hydrogen-bond acceptors (Lipinski definition) is 3. The summed E-state index contributed by atoms with van der Waals surface area (Å²) in [5, 5.41) is 0. The molecule has 0 unspecified atom stereocenters. The number of aryl methyl sites for hydroxylation is 3. The van der Waals surface area contributed by atoms with Gasteiger partial charge in [0.1, 0.15) is 10.6 Å². The van der Waals surface area contributed by atoms with Crippen molar-refractivity contribution in [1.82, 2.24) is 0 Å². The van der Waals surface area contributed by atoms with Crippen molar-refractivity contribution >= 4 is 10.1 Å². The highest BCUT2D eigenvalue weighted by Gasteiger charge is 2.16. The van der Waals surface area contributed by atoms with E-state index in [1.165, 1.54) is 0 Å². The Morgan fingerprint density at radius 2 is 1.32 bits per heavy atom. The van der Waals surface area contributed by atoms with Crippen LogP contribution in [0.15, 0.2) is 47.4 Å². The van der Waals surface area contributed by atoms with Crippen LogP contribution in [0.25, 0.3) is 0 Å². The van der Waals surface area contributed by atoms with Crippen molar-refractivity contribution in [3.63, 3.8) is 0 Å². The van der Waals surface area contributed by atoms with Crippen molar-refractivity contribution in [3.8, 4) is 5.75 Å². The first-order chi connectivity index (χ1) is 8.87. The fourth-order valence-corrected chi connectivity index (χ4v) is 2.78. The van der Waals surface area contributed by atoms with Crippen LogP contribution in [0.4, 0.5) is 0 Å². The van der Waals surface area contributed by atoms with Crippen LogP contribution >= 0.6 is 0 Å². The lowest BCUT2D eigenvalue weighted by atomic mass is 10.1. The van der Waals surface area contributed by atoms with Crippen LogP contribution in [0, 0.1) is 20.8 Å². The molecule has 0 saturated heterocycles. The molecular formula is C15H16O3S. The molecule has 0 fully saturated rings. The molecule has 100 valence electrons. The van der Waals surface area contributed by atoms with E-state index in [1.807, 2.05) is 26.8 Å². The lowest BCUT2D eigenvalue weighted by Gasteiger charge is -2.08. The van der Waals surface area contributed by atoms with E-state index >= 15 is 0 Å². The van der Waals surface area contributed by atoms with Gasteiger partial charge in [0, 0.05) is 0 Å². The van der Waals surface area contributed by atoms with E-state index < -0.39 is 10.1 Å². The van der Waals surface area contributed by atoms with Crippen molar-refractivity contribution in [3.05, 3.63) is 59.2 Å². The Morgan fingerprint density at radius 3 is 1.84 bits per heavy atom. The highest BCUT2D eigenvalue weighted by atomic mass is 32.2. The Balaban J connectivity index is 2.33. The minimum absolute atomic E-state index is 0.164. The summed E-state index contributed by atoms with van der Waals surface area (Å²) in [6.45, 7) is 5.71. The summed E-state index contributed by atoms with van der Waals surface area (Å²) in [4.78, 5) is 0.164. The van der Waals surface area contributed by atoms with Crippen LogP contribution < -0.4 is 4.18 Å². The average molecular weight is 276 g/mol. The van der Waals surface area contributed by atoms with Crippen LogP contribution in [0.3, 0.4) is 0 Å². The maximum atomic E-state index is 12.1. The normalized spacial score (nSPS) is 11.3. The van der Waals surface area contributed by atoms with Gasteiger partial charge in [-0.25, -0.2) is 0 Å². The van der Waals surface area contributed by atoms with E-state index in [9.17, 15) is 8.42 Å². The van der Waals surface area contributed by atoms with Crippen LogP contribution in [-0.2, 0) is 10.1 Å². The molecule has 0 atom stereocenters. The quantitative estimate of drug-likeness (QED) is 0.807. The zero-order valence-corrected chi connectivity index (χ0v) is 12.0. The van der Waals surface area contributed by atoms with E-state index in [0.29, 0.717) is 5.75 Å². The van der Waals surface area contributed by atoms with Gasteiger partial charge in [-0.1, -0.05) is 23.8 Å². The van der Waals surface area contributed by atoms with Gasteiger partial charge in [-0.15, -0.1) is 0 Å². The predicted octanol–water partition coefficient (Wildman–Crippen LogP) is 3.38. The Bertz CT molecular complexity index is 666. The summed E-state index contributed by atoms with van der Waals surface area (Å²) in [5.41, 5.74) is 2.94. The smallest absolute Gasteiger partial charge is 0.339 e. The summed E-state index contributed by atoms with van der Waals surface area (Å²) >= 11 is 0. The van der Waals surface area contributed by atoms with Gasteiger partial charge in [0.15, 0.2) is 0 Å². The predicted molar refractivity (Wildman–Crippen MR) is 74.9 cm³/mol. The van der Waals surface area contributed by atoms with Gasteiger partial charge in [0.05, 0.1) is 0 Å². The summed E-state index contributed by atoms with van der Waals surface area (Å²) in [6.07, 6.45) is 0. The lowest BCUT2D eigenvalue weighted by molar-refractivity contribution is 0.485. The second kappa shape index (κ2) is 5.05. The van der Waals surface area contributed by atoms with E-state index in [2.05, 4.69) is 0 Å². The van der Waals surface area contributed by atoms with Crippen molar-refractivity contribution in [2.24, 2.45) is 0 Å². The van der Waals surface area contributed by atoms with Gasteiger partial charge >= 0.3 is 10.1 Å². The average Bonchev–Trinajstić information content (AvgIpc) is 2.27. The topological polar surface area (TPSA) is 43.4 Å². The molecule has 2 rings (SSSR count). The number of hydrogen-bond donors (Lipinski definition) is 0. The van der Waals surface area contributed by atoms with Crippen LogP contribution in [-0.4, -0.2) is 8.42 Å². The molecule has 2 aromatic carbocycles. The molecule has 0 radical (unpaired) electrons. The Kier molecular flexibility index (Phi) is 3.62. The van der Waals surface area contributed by atoms with Gasteiger partial charge in [-0.3, -0.25) is 0 Å². The van der Waals surface area contributed by atoms with Crippen molar-refractivity contribution in [1.29, 1.82) is 0 Å². The first-order valence-corrected chi connectivity index (χ1v) is 7.37. The van der Waals surface area contributed by atoms with Crippen LogP contribution in [0.1, 0.15) is 16.7 Å². The first-order valence-electron chi connectivity index (χ1n) is 5.96. The molecule has 0 aliphatic carbocycles. The molecule has 0 heterocycles. The monoisotopic (exact) mass is 276 g/mol. The third kappa shape index (κ3) is 3.35. The van der Waals surface area contributed by atoms with Crippen molar-refractivity contribution < 1.29 is 12.6 Å². The molecule has 0 spiro atoms. The van der Waals surface area contributed by atoms with Crippen molar-refractivity contribution in [2.75, 3.05) is 0 Å². The fraction of sp³-hybridized carbons (Fsp3) is 0.200. The second-order valence-corrected chi connectivity index (χ2v) is 6.22. The lowest BCUT2D eigenvalue weighted by Crippen LogP contribution is -2.09. The standard InChI is InChI=1S/C15H16O3S/c1-11-4-6-15(7-5-11)19(16,17)18-14-9-12(2)8-13(3)10-14/h4-10H,1-3H3. The molecule has 2 aromatic rings. The maximum Gasteiger partial charge on any atom is 0.339 e. The molecule has 0 aliphatic heterocycles. The molecule has 0 aliphatic rings. The number of benzene rings is 2. The van der Waals surface area contributed by atoms with E-state index in [1.54, 1.807) is 36.4 Å². The Morgan fingerprint density at radius 1 is 0.789 bits per heavy atom. The molecule has 0 saturated carbocycles. The molecule has 19 heavy (non-hydrogen) atoms. The van der Waals surface area contributed by atoms with Gasteiger partial charge in [-0.2, -0.15) is 8.42 Å². The zero-order chi connectivity index (χ0) is 14.0. The molecule has 4 heteroatoms. The SMILES string of the molecule is Cc1ccc(S(=O)(=O)Oc2cc(C)cc(C)c2)cc1. The highest BCUT2D eigenvalue weighted by Crippen LogP contribution is 2.21. The summed E-state index contributed by atoms with van der Waals surface area (Å²) < 4.78 is 29.4. The first kappa shape index (κ1) is 13.6. The minimum Gasteiger partial charge on any atom is -0.379 e. The van der Waals surface area contributed by atoms with Crippen LogP contribution in [0.2, 0.25) is 0 Å². The maximum absolute atomic E-state index is 12.1. The Hall–Kier alpha value is -1.81. The molecule has 0 amide bonds. The summed E-state index contributed by atoms with van der Waals surface area (Å²) in [5.74, 6) is 0.345. The number of rotatable bonds is 3. The second-order valence-electron chi connectivity index (χ2n) is 4.67. The van der Waals surface area contributed by atoms with E-state index in [4.69, 9.17) is 4.18 Å². The summed E-state index contributed by atoms with van der Waals surface area (Å²) in [6, 6.07) is 12.0. The van der Waals surface area contributed by atoms with Gasteiger partial charge in [0.25, 0.3) is 0 Å². The largest absolute Gasteiger partial charge is 0.379 e. The third-order valence-electron chi connectivity index (χ3n) is 2.71. The van der Waals surface area contributed by atoms with Gasteiger partial charge < -0.3 is 4.18 Å².